The van der Waals surface area contributed by atoms with Gasteiger partial charge in [-0.05, 0) is 38.0 Å². The Morgan fingerprint density at radius 2 is 1.89 bits per heavy atom. The molecule has 4 aliphatic rings. The summed E-state index contributed by atoms with van der Waals surface area (Å²) in [6.45, 7) is 11.0. The molecule has 3 aliphatic heterocycles. The van der Waals surface area contributed by atoms with Gasteiger partial charge in [0.1, 0.15) is 12.6 Å². The monoisotopic (exact) mass is 532 g/mol. The molecule has 7 nitrogen and oxygen atoms in total. The van der Waals surface area contributed by atoms with E-state index >= 15 is 0 Å². The van der Waals surface area contributed by atoms with Crippen molar-refractivity contribution in [2.45, 2.75) is 93.2 Å². The van der Waals surface area contributed by atoms with Gasteiger partial charge in [0.2, 0.25) is 11.8 Å². The van der Waals surface area contributed by atoms with Crippen LogP contribution >= 0.6 is 11.8 Å². The smallest absolute Gasteiger partial charge is 0.311 e. The molecular weight excluding hydrogens is 488 g/mol. The normalized spacial score (nSPS) is 32.9. The van der Waals surface area contributed by atoms with Crippen molar-refractivity contribution in [1.82, 2.24) is 9.80 Å². The number of nitrogens with zero attached hydrogens (tertiary/aromatic N) is 2. The largest absolute Gasteiger partial charge is 0.461 e. The zero-order chi connectivity index (χ0) is 26.6. The van der Waals surface area contributed by atoms with E-state index in [-0.39, 0.29) is 48.2 Å². The van der Waals surface area contributed by atoms with Crippen LogP contribution in [0.25, 0.3) is 0 Å². The highest BCUT2D eigenvalue weighted by Crippen LogP contribution is 2.68. The lowest BCUT2D eigenvalue weighted by molar-refractivity contribution is -0.153. The maximum Gasteiger partial charge on any atom is 0.311 e. The van der Waals surface area contributed by atoms with Crippen LogP contribution in [0.1, 0.15) is 71.1 Å². The quantitative estimate of drug-likeness (QED) is 0.220. The number of aliphatic hydroxyl groups excluding tert-OH is 1. The fourth-order valence-electron chi connectivity index (χ4n) is 7.40. The second kappa shape index (κ2) is 12.4. The molecule has 4 fully saturated rings. The second-order valence-corrected chi connectivity index (χ2v) is 12.8. The van der Waals surface area contributed by atoms with Gasteiger partial charge >= 0.3 is 5.97 Å². The second-order valence-electron chi connectivity index (χ2n) is 11.2. The summed E-state index contributed by atoms with van der Waals surface area (Å²) in [5.74, 6) is -1.29. The maximum absolute atomic E-state index is 14.6. The zero-order valence-corrected chi connectivity index (χ0v) is 23.1. The molecule has 37 heavy (non-hydrogen) atoms. The summed E-state index contributed by atoms with van der Waals surface area (Å²) in [5.41, 5.74) is 0. The van der Waals surface area contributed by atoms with Gasteiger partial charge in [-0.15, -0.1) is 18.3 Å². The molecule has 1 spiro atoms. The van der Waals surface area contributed by atoms with E-state index in [4.69, 9.17) is 9.84 Å². The van der Waals surface area contributed by atoms with Crippen molar-refractivity contribution >= 4 is 29.5 Å². The number of rotatable bonds is 13. The summed E-state index contributed by atoms with van der Waals surface area (Å²) in [5, 5.41) is 9.14. The fraction of sp³-hybridized carbons (Fsp3) is 0.759. The predicted octanol–water partition coefficient (Wildman–Crippen LogP) is 3.95. The molecule has 3 unspecified atom stereocenters. The first-order chi connectivity index (χ1) is 17.9. The topological polar surface area (TPSA) is 87.1 Å². The van der Waals surface area contributed by atoms with Crippen LogP contribution in [-0.2, 0) is 19.1 Å². The molecule has 6 atom stereocenters. The molecule has 3 heterocycles. The molecule has 2 amide bonds. The number of carbonyl (C=O) groups is 3. The Kier molecular flexibility index (Phi) is 9.43. The standard InChI is InChI=1S/C29H44N2O5S/c1-4-15-30(21-13-9-8-10-14-21)27(34)25-29-20(3)19-22(37-29)23(28(35)36-18-5-2)24(29)26(33)31(25)16-11-6-7-12-17-32/h4-5,20-25,32H,1-2,6-19H2,3H3/t20?,22-,23+,24+,25?,29?/m1/s1. The highest BCUT2D eigenvalue weighted by atomic mass is 32.2. The lowest BCUT2D eigenvalue weighted by atomic mass is 9.66. The van der Waals surface area contributed by atoms with Gasteiger partial charge in [-0.25, -0.2) is 0 Å². The lowest BCUT2D eigenvalue weighted by Gasteiger charge is -2.43. The number of amides is 2. The number of unbranched alkanes of at least 4 members (excludes halogenated alkanes) is 3. The summed E-state index contributed by atoms with van der Waals surface area (Å²) in [6, 6.07) is -0.407. The van der Waals surface area contributed by atoms with E-state index in [9.17, 15) is 14.4 Å². The number of hydrogen-bond acceptors (Lipinski definition) is 6. The summed E-state index contributed by atoms with van der Waals surface area (Å²) >= 11 is 1.71. The zero-order valence-electron chi connectivity index (χ0n) is 22.3. The first kappa shape index (κ1) is 28.2. The van der Waals surface area contributed by atoms with Gasteiger partial charge < -0.3 is 19.6 Å². The van der Waals surface area contributed by atoms with Crippen molar-refractivity contribution in [2.75, 3.05) is 26.3 Å². The van der Waals surface area contributed by atoms with Gasteiger partial charge in [-0.2, -0.15) is 0 Å². The van der Waals surface area contributed by atoms with Crippen LogP contribution in [-0.4, -0.2) is 81.1 Å². The molecule has 4 rings (SSSR count). The van der Waals surface area contributed by atoms with Gasteiger partial charge in [-0.1, -0.05) is 57.8 Å². The number of aliphatic hydroxyl groups is 1. The number of carbonyl (C=O) groups excluding carboxylic acids is 3. The lowest BCUT2D eigenvalue weighted by Crippen LogP contribution is -2.59. The van der Waals surface area contributed by atoms with E-state index in [2.05, 4.69) is 20.1 Å². The van der Waals surface area contributed by atoms with Crippen LogP contribution < -0.4 is 0 Å². The minimum atomic E-state index is -0.615. The third kappa shape index (κ3) is 5.12. The molecule has 0 aromatic rings. The molecule has 1 aliphatic carbocycles. The molecule has 0 aromatic carbocycles. The van der Waals surface area contributed by atoms with Gasteiger partial charge in [-0.3, -0.25) is 14.4 Å². The van der Waals surface area contributed by atoms with Crippen molar-refractivity contribution in [3.8, 4) is 0 Å². The predicted molar refractivity (Wildman–Crippen MR) is 146 cm³/mol. The van der Waals surface area contributed by atoms with Crippen LogP contribution in [0.4, 0.5) is 0 Å². The summed E-state index contributed by atoms with van der Waals surface area (Å²) in [4.78, 5) is 45.7. The fourth-order valence-corrected chi connectivity index (χ4v) is 9.80. The van der Waals surface area contributed by atoms with Gasteiger partial charge in [0.15, 0.2) is 0 Å². The molecule has 8 heteroatoms. The summed E-state index contributed by atoms with van der Waals surface area (Å²) < 4.78 is 4.87. The van der Waals surface area contributed by atoms with Crippen molar-refractivity contribution in [3.05, 3.63) is 25.3 Å². The third-order valence-corrected chi connectivity index (χ3v) is 11.1. The molecule has 1 saturated carbocycles. The van der Waals surface area contributed by atoms with Crippen LogP contribution in [0.5, 0.6) is 0 Å². The Balaban J connectivity index is 1.68. The SMILES string of the molecule is C=CCOC(=O)[C@@H]1[C@H]2C(=O)N(CCCCCCO)C(C(=O)N(CC=C)C3CCCCC3)C23S[C@@H]1CC3C. The van der Waals surface area contributed by atoms with E-state index in [0.717, 1.165) is 57.8 Å². The number of hydrogen-bond donors (Lipinski definition) is 1. The van der Waals surface area contributed by atoms with E-state index < -0.39 is 22.6 Å². The minimum Gasteiger partial charge on any atom is -0.461 e. The Morgan fingerprint density at radius 1 is 1.16 bits per heavy atom. The van der Waals surface area contributed by atoms with Crippen molar-refractivity contribution in [2.24, 2.45) is 17.8 Å². The van der Waals surface area contributed by atoms with Gasteiger partial charge in [0, 0.05) is 31.0 Å². The number of thioether (sulfide) groups is 1. The highest BCUT2D eigenvalue weighted by Gasteiger charge is 2.76. The Labute approximate surface area is 226 Å². The van der Waals surface area contributed by atoms with Crippen molar-refractivity contribution in [3.63, 3.8) is 0 Å². The van der Waals surface area contributed by atoms with Crippen LogP contribution in [0.2, 0.25) is 0 Å². The Morgan fingerprint density at radius 3 is 2.57 bits per heavy atom. The molecule has 0 aromatic heterocycles. The Hall–Kier alpha value is -1.80. The average molecular weight is 533 g/mol. The van der Waals surface area contributed by atoms with Crippen molar-refractivity contribution < 1.29 is 24.2 Å². The number of fused-ring (bicyclic) bond motifs is 1. The van der Waals surface area contributed by atoms with E-state index in [0.29, 0.717) is 13.1 Å². The van der Waals surface area contributed by atoms with Crippen LogP contribution in [0, 0.1) is 17.8 Å². The minimum absolute atomic E-state index is 0.00851. The third-order valence-electron chi connectivity index (χ3n) is 9.03. The number of likely N-dealkylation sites (tertiary alicyclic amines) is 1. The highest BCUT2D eigenvalue weighted by molar-refractivity contribution is 8.02. The summed E-state index contributed by atoms with van der Waals surface area (Å²) in [7, 11) is 0. The van der Waals surface area contributed by atoms with Crippen molar-refractivity contribution in [1.29, 1.82) is 0 Å². The van der Waals surface area contributed by atoms with E-state index in [1.54, 1.807) is 23.9 Å². The summed E-state index contributed by atoms with van der Waals surface area (Å²) in [6.07, 6.45) is 12.8. The van der Waals surface area contributed by atoms with E-state index in [1.807, 2.05) is 9.80 Å². The number of esters is 1. The maximum atomic E-state index is 14.6. The van der Waals surface area contributed by atoms with Gasteiger partial charge in [0.25, 0.3) is 0 Å². The molecular formula is C29H44N2O5S. The first-order valence-corrected chi connectivity index (χ1v) is 15.1. The number of ether oxygens (including phenoxy) is 1. The van der Waals surface area contributed by atoms with Crippen LogP contribution in [0.3, 0.4) is 0 Å². The Bertz CT molecular complexity index is 874. The van der Waals surface area contributed by atoms with E-state index in [1.165, 1.54) is 6.42 Å². The molecule has 1 N–H and O–H groups in total. The molecule has 3 saturated heterocycles. The van der Waals surface area contributed by atoms with Crippen LogP contribution in [0.15, 0.2) is 25.3 Å². The molecule has 2 bridgehead atoms. The van der Waals surface area contributed by atoms with Gasteiger partial charge in [0.05, 0.1) is 16.6 Å². The molecule has 0 radical (unpaired) electrons. The first-order valence-electron chi connectivity index (χ1n) is 14.2. The average Bonchev–Trinajstić information content (AvgIpc) is 3.49. The molecule has 206 valence electrons.